The second-order valence-electron chi connectivity index (χ2n) is 10.8. The van der Waals surface area contributed by atoms with Crippen molar-refractivity contribution in [1.29, 1.82) is 0 Å². The molecule has 0 aromatic carbocycles. The van der Waals surface area contributed by atoms with Crippen LogP contribution >= 0.6 is 0 Å². The van der Waals surface area contributed by atoms with Gasteiger partial charge in [-0.15, -0.1) is 0 Å². The predicted molar refractivity (Wildman–Crippen MR) is 106 cm³/mol. The summed E-state index contributed by atoms with van der Waals surface area (Å²) >= 11 is 0. The van der Waals surface area contributed by atoms with Crippen LogP contribution in [0.25, 0.3) is 0 Å². The zero-order valence-electron chi connectivity index (χ0n) is 18.6. The van der Waals surface area contributed by atoms with Gasteiger partial charge in [0.05, 0.1) is 6.04 Å². The highest BCUT2D eigenvalue weighted by Gasteiger charge is 2.55. The zero-order chi connectivity index (χ0) is 20.6. The van der Waals surface area contributed by atoms with E-state index in [1.807, 2.05) is 55.4 Å². The molecule has 5 nitrogen and oxygen atoms in total. The van der Waals surface area contributed by atoms with Crippen LogP contribution in [0.1, 0.15) is 93.9 Å². The van der Waals surface area contributed by atoms with Crippen molar-refractivity contribution in [2.75, 3.05) is 0 Å². The minimum atomic E-state index is -0.868. The molecule has 0 spiro atoms. The third-order valence-electron chi connectivity index (χ3n) is 5.56. The number of rotatable bonds is 3. The molecule has 0 bridgehead atoms. The van der Waals surface area contributed by atoms with E-state index in [-0.39, 0.29) is 11.8 Å². The van der Waals surface area contributed by atoms with E-state index < -0.39 is 28.9 Å². The van der Waals surface area contributed by atoms with Crippen LogP contribution in [0.5, 0.6) is 0 Å². The van der Waals surface area contributed by atoms with Gasteiger partial charge in [-0.1, -0.05) is 52.9 Å². The number of Topliss-reactive ketones (excluding diaryl/α,β-unsaturated/α-hetero) is 1. The molecule has 2 fully saturated rings. The molecule has 5 heteroatoms. The number of hydrogen-bond acceptors (Lipinski definition) is 4. The fourth-order valence-electron chi connectivity index (χ4n) is 4.30. The van der Waals surface area contributed by atoms with Gasteiger partial charge < -0.3 is 9.47 Å². The van der Waals surface area contributed by atoms with E-state index in [0.29, 0.717) is 5.92 Å². The molecule has 1 amide bonds. The molecule has 1 saturated carbocycles. The van der Waals surface area contributed by atoms with Crippen molar-refractivity contribution in [2.45, 2.75) is 117 Å². The maximum Gasteiger partial charge on any atom is 0.412 e. The second-order valence-corrected chi connectivity index (χ2v) is 10.8. The van der Waals surface area contributed by atoms with Crippen LogP contribution < -0.4 is 0 Å². The molecular formula is C22H39NO4. The molecular weight excluding hydrogens is 342 g/mol. The lowest BCUT2D eigenvalue weighted by Crippen LogP contribution is -2.51. The number of hydrogen-bond donors (Lipinski definition) is 0. The SMILES string of the molecule is CC(C)(C)OC(=O)N1[C@@H](CC2CCCCC2)[C@H](C(=O)C(C)(C)C)OC1(C)C. The smallest absolute Gasteiger partial charge is 0.412 e. The Morgan fingerprint density at radius 3 is 2.07 bits per heavy atom. The van der Waals surface area contributed by atoms with Crippen LogP contribution in [-0.2, 0) is 14.3 Å². The first kappa shape index (κ1) is 22.2. The van der Waals surface area contributed by atoms with Gasteiger partial charge in [0.1, 0.15) is 17.4 Å². The molecule has 1 heterocycles. The molecule has 0 N–H and O–H groups in total. The summed E-state index contributed by atoms with van der Waals surface area (Å²) in [5, 5.41) is 0. The number of carbonyl (C=O) groups excluding carboxylic acids is 2. The van der Waals surface area contributed by atoms with Crippen LogP contribution in [-0.4, -0.2) is 40.2 Å². The number of ether oxygens (including phenoxy) is 2. The minimum absolute atomic E-state index is 0.0578. The first-order chi connectivity index (χ1) is 12.2. The first-order valence-corrected chi connectivity index (χ1v) is 10.5. The molecule has 0 radical (unpaired) electrons. The molecule has 0 aromatic heterocycles. The minimum Gasteiger partial charge on any atom is -0.444 e. The van der Waals surface area contributed by atoms with E-state index in [9.17, 15) is 9.59 Å². The standard InChI is InChI=1S/C22H39NO4/c1-20(2,3)18(24)17-16(14-15-12-10-9-11-13-15)23(22(7,8)26-17)19(25)27-21(4,5)6/h15-17H,9-14H2,1-8H3/t16-,17+/m0/s1. The lowest BCUT2D eigenvalue weighted by Gasteiger charge is -2.37. The van der Waals surface area contributed by atoms with Crippen LogP contribution in [0, 0.1) is 11.3 Å². The maximum atomic E-state index is 13.2. The molecule has 27 heavy (non-hydrogen) atoms. The van der Waals surface area contributed by atoms with Crippen LogP contribution in [0.3, 0.4) is 0 Å². The van der Waals surface area contributed by atoms with Gasteiger partial charge in [0.2, 0.25) is 0 Å². The van der Waals surface area contributed by atoms with Gasteiger partial charge in [-0.3, -0.25) is 9.69 Å². The monoisotopic (exact) mass is 381 g/mol. The summed E-state index contributed by atoms with van der Waals surface area (Å²) in [6.45, 7) is 15.1. The fourth-order valence-corrected chi connectivity index (χ4v) is 4.30. The van der Waals surface area contributed by atoms with E-state index in [1.54, 1.807) is 4.90 Å². The van der Waals surface area contributed by atoms with E-state index in [2.05, 4.69) is 0 Å². The van der Waals surface area contributed by atoms with Gasteiger partial charge in [-0.2, -0.15) is 0 Å². The number of nitrogens with zero attached hydrogens (tertiary/aromatic N) is 1. The molecule has 2 rings (SSSR count). The third kappa shape index (κ3) is 5.46. The average molecular weight is 382 g/mol. The van der Waals surface area contributed by atoms with Crippen molar-refractivity contribution in [3.05, 3.63) is 0 Å². The highest BCUT2D eigenvalue weighted by Crippen LogP contribution is 2.41. The van der Waals surface area contributed by atoms with Gasteiger partial charge in [0.25, 0.3) is 0 Å². The van der Waals surface area contributed by atoms with Crippen molar-refractivity contribution in [3.8, 4) is 0 Å². The Bertz CT molecular complexity index is 550. The second kappa shape index (κ2) is 7.73. The van der Waals surface area contributed by atoms with E-state index in [0.717, 1.165) is 19.3 Å². The fraction of sp³-hybridized carbons (Fsp3) is 0.909. The van der Waals surface area contributed by atoms with Crippen molar-refractivity contribution >= 4 is 11.9 Å². The van der Waals surface area contributed by atoms with Gasteiger partial charge in [-0.25, -0.2) is 4.79 Å². The average Bonchev–Trinajstić information content (AvgIpc) is 2.75. The lowest BCUT2D eigenvalue weighted by molar-refractivity contribution is -0.143. The largest absolute Gasteiger partial charge is 0.444 e. The molecule has 0 unspecified atom stereocenters. The van der Waals surface area contributed by atoms with E-state index >= 15 is 0 Å². The molecule has 1 saturated heterocycles. The van der Waals surface area contributed by atoms with Crippen molar-refractivity contribution < 1.29 is 19.1 Å². The highest BCUT2D eigenvalue weighted by molar-refractivity contribution is 5.89. The molecule has 1 aliphatic heterocycles. The van der Waals surface area contributed by atoms with Crippen LogP contribution in [0.4, 0.5) is 4.79 Å². The summed E-state index contributed by atoms with van der Waals surface area (Å²) in [4.78, 5) is 27.9. The first-order valence-electron chi connectivity index (χ1n) is 10.5. The number of ketones is 1. The summed E-state index contributed by atoms with van der Waals surface area (Å²) in [6, 6.07) is -0.273. The molecule has 2 atom stereocenters. The molecule has 156 valence electrons. The highest BCUT2D eigenvalue weighted by atomic mass is 16.6. The van der Waals surface area contributed by atoms with Crippen molar-refractivity contribution in [2.24, 2.45) is 11.3 Å². The lowest BCUT2D eigenvalue weighted by atomic mass is 9.79. The van der Waals surface area contributed by atoms with Gasteiger partial charge in [-0.05, 0) is 47.0 Å². The Balaban J connectivity index is 2.34. The summed E-state index contributed by atoms with van der Waals surface area (Å²) in [6.07, 6.45) is 5.87. The van der Waals surface area contributed by atoms with Gasteiger partial charge >= 0.3 is 6.09 Å². The van der Waals surface area contributed by atoms with Gasteiger partial charge in [0, 0.05) is 5.41 Å². The van der Waals surface area contributed by atoms with E-state index in [1.165, 1.54) is 19.3 Å². The predicted octanol–water partition coefficient (Wildman–Crippen LogP) is 5.31. The molecule has 0 aromatic rings. The maximum absolute atomic E-state index is 13.2. The normalized spacial score (nSPS) is 26.9. The summed E-state index contributed by atoms with van der Waals surface area (Å²) in [7, 11) is 0. The number of amides is 1. The molecule has 1 aliphatic carbocycles. The quantitative estimate of drug-likeness (QED) is 0.664. The van der Waals surface area contributed by atoms with E-state index in [4.69, 9.17) is 9.47 Å². The summed E-state index contributed by atoms with van der Waals surface area (Å²) in [5.41, 5.74) is -1.97. The summed E-state index contributed by atoms with van der Waals surface area (Å²) in [5.74, 6) is 0.587. The zero-order valence-corrected chi connectivity index (χ0v) is 18.6. The third-order valence-corrected chi connectivity index (χ3v) is 5.56. The van der Waals surface area contributed by atoms with Crippen molar-refractivity contribution in [1.82, 2.24) is 4.90 Å². The van der Waals surface area contributed by atoms with Crippen LogP contribution in [0.2, 0.25) is 0 Å². The Morgan fingerprint density at radius 1 is 1.04 bits per heavy atom. The van der Waals surface area contributed by atoms with Crippen molar-refractivity contribution in [3.63, 3.8) is 0 Å². The Morgan fingerprint density at radius 2 is 1.59 bits per heavy atom. The Labute approximate surface area is 165 Å². The topological polar surface area (TPSA) is 55.8 Å². The molecule has 2 aliphatic rings. The summed E-state index contributed by atoms with van der Waals surface area (Å²) < 4.78 is 11.9. The Hall–Kier alpha value is -1.10. The van der Waals surface area contributed by atoms with Crippen LogP contribution in [0.15, 0.2) is 0 Å². The van der Waals surface area contributed by atoms with Gasteiger partial charge in [0.15, 0.2) is 5.78 Å². The number of carbonyl (C=O) groups is 2. The Kier molecular flexibility index (Phi) is 6.35.